The second-order valence-electron chi connectivity index (χ2n) is 10.7. The fourth-order valence-corrected chi connectivity index (χ4v) is 4.89. The van der Waals surface area contributed by atoms with Crippen LogP contribution < -0.4 is 15.8 Å². The molecule has 2 aromatic carbocycles. The third-order valence-electron chi connectivity index (χ3n) is 6.97. The number of primary amides is 1. The topological polar surface area (TPSA) is 115 Å². The van der Waals surface area contributed by atoms with Crippen molar-refractivity contribution >= 4 is 23.4 Å². The van der Waals surface area contributed by atoms with Crippen LogP contribution in [0.1, 0.15) is 32.2 Å². The maximum Gasteiger partial charge on any atom is 0.242 e. The molecule has 0 radical (unpaired) electrons. The molecule has 40 heavy (non-hydrogen) atoms. The summed E-state index contributed by atoms with van der Waals surface area (Å²) in [6.45, 7) is 6.39. The van der Waals surface area contributed by atoms with Crippen molar-refractivity contribution in [3.63, 3.8) is 0 Å². The van der Waals surface area contributed by atoms with Gasteiger partial charge in [-0.3, -0.25) is 14.5 Å². The molecule has 2 heterocycles. The summed E-state index contributed by atoms with van der Waals surface area (Å²) >= 11 is 6.29. The predicted molar refractivity (Wildman–Crippen MR) is 154 cm³/mol. The van der Waals surface area contributed by atoms with Crippen LogP contribution >= 0.6 is 11.6 Å². The van der Waals surface area contributed by atoms with Crippen molar-refractivity contribution in [2.24, 2.45) is 12.8 Å². The van der Waals surface area contributed by atoms with E-state index < -0.39 is 23.7 Å². The quantitative estimate of drug-likeness (QED) is 0.384. The van der Waals surface area contributed by atoms with Crippen LogP contribution in [0.15, 0.2) is 48.7 Å². The summed E-state index contributed by atoms with van der Waals surface area (Å²) in [6, 6.07) is 11.7. The fraction of sp³-hybridized carbons (Fsp3) is 0.414. The van der Waals surface area contributed by atoms with Gasteiger partial charge in [0, 0.05) is 29.7 Å². The monoisotopic (exact) mass is 568 g/mol. The SMILES string of the molecule is C[C@H](NCc1ccc(Cl)cc1Oc1ccc(-c2cnc(CN(C)C)n2C)cc1)C(=O)N1[C@H](C(N)=O)COC1(C)C. The number of hydrogen-bond donors (Lipinski definition) is 2. The summed E-state index contributed by atoms with van der Waals surface area (Å²) in [5, 5.41) is 3.77. The maximum atomic E-state index is 13.3. The molecule has 2 atom stereocenters. The van der Waals surface area contributed by atoms with Crippen LogP contribution in [0.25, 0.3) is 11.3 Å². The number of rotatable bonds is 10. The lowest BCUT2D eigenvalue weighted by atomic mass is 10.1. The molecular formula is C29H37ClN6O4. The van der Waals surface area contributed by atoms with Gasteiger partial charge in [0.15, 0.2) is 0 Å². The Morgan fingerprint density at radius 3 is 2.60 bits per heavy atom. The third kappa shape index (κ3) is 6.47. The van der Waals surface area contributed by atoms with Crippen LogP contribution in [-0.4, -0.2) is 69.7 Å². The largest absolute Gasteiger partial charge is 0.457 e. The molecule has 11 heteroatoms. The van der Waals surface area contributed by atoms with Crippen LogP contribution in [0.2, 0.25) is 5.02 Å². The Morgan fingerprint density at radius 2 is 1.95 bits per heavy atom. The van der Waals surface area contributed by atoms with Gasteiger partial charge in [0.25, 0.3) is 0 Å². The van der Waals surface area contributed by atoms with Gasteiger partial charge in [-0.25, -0.2) is 4.98 Å². The highest BCUT2D eigenvalue weighted by Gasteiger charge is 2.47. The van der Waals surface area contributed by atoms with Gasteiger partial charge in [-0.15, -0.1) is 0 Å². The molecule has 3 aromatic rings. The van der Waals surface area contributed by atoms with E-state index in [9.17, 15) is 9.59 Å². The molecule has 1 fully saturated rings. The van der Waals surface area contributed by atoms with Crippen molar-refractivity contribution in [1.82, 2.24) is 24.7 Å². The van der Waals surface area contributed by atoms with Gasteiger partial charge in [0.05, 0.1) is 31.1 Å². The Balaban J connectivity index is 1.45. The van der Waals surface area contributed by atoms with Gasteiger partial charge in [-0.2, -0.15) is 0 Å². The zero-order valence-corrected chi connectivity index (χ0v) is 24.5. The molecule has 4 rings (SSSR count). The van der Waals surface area contributed by atoms with E-state index in [-0.39, 0.29) is 12.5 Å². The fourth-order valence-electron chi connectivity index (χ4n) is 4.73. The van der Waals surface area contributed by atoms with E-state index in [1.54, 1.807) is 32.9 Å². The highest BCUT2D eigenvalue weighted by molar-refractivity contribution is 6.30. The van der Waals surface area contributed by atoms with E-state index >= 15 is 0 Å². The molecule has 1 aromatic heterocycles. The highest BCUT2D eigenvalue weighted by atomic mass is 35.5. The van der Waals surface area contributed by atoms with Gasteiger partial charge >= 0.3 is 0 Å². The Morgan fingerprint density at radius 1 is 1.25 bits per heavy atom. The van der Waals surface area contributed by atoms with E-state index in [1.807, 2.05) is 57.7 Å². The van der Waals surface area contributed by atoms with Gasteiger partial charge < -0.3 is 30.0 Å². The first kappa shape index (κ1) is 29.5. The van der Waals surface area contributed by atoms with E-state index in [0.717, 1.165) is 29.2 Å². The average molecular weight is 569 g/mol. The number of aromatic nitrogens is 2. The Labute approximate surface area is 240 Å². The molecule has 1 saturated heterocycles. The van der Waals surface area contributed by atoms with Crippen LogP contribution in [0.3, 0.4) is 0 Å². The highest BCUT2D eigenvalue weighted by Crippen LogP contribution is 2.31. The zero-order chi connectivity index (χ0) is 29.2. The molecule has 214 valence electrons. The number of nitrogens with zero attached hydrogens (tertiary/aromatic N) is 4. The number of nitrogens with two attached hydrogens (primary N) is 1. The molecule has 2 amide bonds. The second-order valence-corrected chi connectivity index (χ2v) is 11.2. The zero-order valence-electron chi connectivity index (χ0n) is 23.8. The first-order valence-electron chi connectivity index (χ1n) is 13.1. The smallest absolute Gasteiger partial charge is 0.242 e. The number of halogens is 1. The molecule has 0 bridgehead atoms. The van der Waals surface area contributed by atoms with Gasteiger partial charge in [0.1, 0.15) is 29.1 Å². The summed E-state index contributed by atoms with van der Waals surface area (Å²) in [6.07, 6.45) is 1.87. The van der Waals surface area contributed by atoms with Crippen molar-refractivity contribution in [2.45, 2.75) is 51.7 Å². The van der Waals surface area contributed by atoms with Crippen molar-refractivity contribution in [3.8, 4) is 22.8 Å². The van der Waals surface area contributed by atoms with E-state index in [2.05, 4.69) is 19.8 Å². The van der Waals surface area contributed by atoms with E-state index in [0.29, 0.717) is 23.1 Å². The standard InChI is InChI=1S/C29H37ClN6O4/c1-18(28(38)36-24(27(31)37)17-39-29(36,2)3)32-14-20-7-10-21(30)13-25(20)40-22-11-8-19(9-12-22)23-15-33-26(35(23)6)16-34(4)5/h7-13,15,18,24,32H,14,16-17H2,1-6H3,(H2,31,37)/t18-,24-/m0/s1. The minimum absolute atomic E-state index is 0.0760. The molecule has 0 unspecified atom stereocenters. The minimum Gasteiger partial charge on any atom is -0.457 e. The third-order valence-corrected chi connectivity index (χ3v) is 7.21. The van der Waals surface area contributed by atoms with Crippen LogP contribution in [0.4, 0.5) is 0 Å². The number of imidazole rings is 1. The second kappa shape index (κ2) is 12.0. The molecule has 0 saturated carbocycles. The first-order valence-corrected chi connectivity index (χ1v) is 13.5. The Hall–Kier alpha value is -3.44. The summed E-state index contributed by atoms with van der Waals surface area (Å²) in [5.41, 5.74) is 7.44. The van der Waals surface area contributed by atoms with Crippen molar-refractivity contribution in [1.29, 1.82) is 0 Å². The lowest BCUT2D eigenvalue weighted by Crippen LogP contribution is -2.57. The molecule has 3 N–H and O–H groups in total. The number of nitrogens with one attached hydrogen (secondary N) is 1. The molecule has 1 aliphatic heterocycles. The van der Waals surface area contributed by atoms with Gasteiger partial charge in [-0.1, -0.05) is 17.7 Å². The number of amides is 2. The van der Waals surface area contributed by atoms with Crippen molar-refractivity contribution in [3.05, 3.63) is 65.1 Å². The number of hydrogen-bond acceptors (Lipinski definition) is 7. The number of carbonyl (C=O) groups excluding carboxylic acids is 2. The van der Waals surface area contributed by atoms with Gasteiger partial charge in [0.2, 0.25) is 11.8 Å². The van der Waals surface area contributed by atoms with Crippen LogP contribution in [-0.2, 0) is 34.5 Å². The Kier molecular flexibility index (Phi) is 8.84. The summed E-state index contributed by atoms with van der Waals surface area (Å²) in [4.78, 5) is 33.2. The molecule has 1 aliphatic rings. The Bertz CT molecular complexity index is 1370. The average Bonchev–Trinajstić information content (AvgIpc) is 3.41. The van der Waals surface area contributed by atoms with Crippen molar-refractivity contribution in [2.75, 3.05) is 20.7 Å². The predicted octanol–water partition coefficient (Wildman–Crippen LogP) is 3.52. The number of carbonyl (C=O) groups is 2. The number of benzene rings is 2. The lowest BCUT2D eigenvalue weighted by Gasteiger charge is -2.34. The summed E-state index contributed by atoms with van der Waals surface area (Å²) in [5.74, 6) is 1.33. The van der Waals surface area contributed by atoms with Crippen LogP contribution in [0, 0.1) is 0 Å². The summed E-state index contributed by atoms with van der Waals surface area (Å²) in [7, 11) is 6.04. The molecular weight excluding hydrogens is 532 g/mol. The molecule has 0 spiro atoms. The molecule has 10 nitrogen and oxygen atoms in total. The summed E-state index contributed by atoms with van der Waals surface area (Å²) < 4.78 is 14.0. The van der Waals surface area contributed by atoms with Crippen LogP contribution in [0.5, 0.6) is 11.5 Å². The molecule has 0 aliphatic carbocycles. The van der Waals surface area contributed by atoms with E-state index in [4.69, 9.17) is 26.8 Å². The number of ether oxygens (including phenoxy) is 2. The first-order chi connectivity index (χ1) is 18.9. The lowest BCUT2D eigenvalue weighted by molar-refractivity contribution is -0.150. The van der Waals surface area contributed by atoms with Gasteiger partial charge in [-0.05, 0) is 71.3 Å². The maximum absolute atomic E-state index is 13.3. The van der Waals surface area contributed by atoms with Crippen molar-refractivity contribution < 1.29 is 19.1 Å². The minimum atomic E-state index is -0.934. The normalized spacial score (nSPS) is 17.3. The van der Waals surface area contributed by atoms with E-state index in [1.165, 1.54) is 4.90 Å².